The SMILES string of the molecule is CC(C)(C[C@@H](c1ccc(OC(F)(F)F)cc1)c1ncccc1F)S(N)=O. The third kappa shape index (κ3) is 5.25. The maximum atomic E-state index is 14.3. The molecule has 4 nitrogen and oxygen atoms in total. The summed E-state index contributed by atoms with van der Waals surface area (Å²) < 4.78 is 65.9. The van der Waals surface area contributed by atoms with Gasteiger partial charge in [-0.3, -0.25) is 10.1 Å². The molecule has 1 heterocycles. The van der Waals surface area contributed by atoms with Gasteiger partial charge in [0, 0.05) is 12.1 Å². The van der Waals surface area contributed by atoms with Crippen molar-refractivity contribution in [3.63, 3.8) is 0 Å². The molecule has 0 bridgehead atoms. The van der Waals surface area contributed by atoms with Crippen LogP contribution in [0.3, 0.4) is 0 Å². The molecule has 2 rings (SSSR count). The molecule has 0 saturated heterocycles. The zero-order chi connectivity index (χ0) is 19.5. The van der Waals surface area contributed by atoms with E-state index in [0.29, 0.717) is 5.56 Å². The van der Waals surface area contributed by atoms with E-state index in [2.05, 4.69) is 9.72 Å². The van der Waals surface area contributed by atoms with Gasteiger partial charge in [0.2, 0.25) is 0 Å². The Kier molecular flexibility index (Phi) is 6.02. The molecule has 0 radical (unpaired) electrons. The van der Waals surface area contributed by atoms with Crippen molar-refractivity contribution >= 4 is 11.0 Å². The Balaban J connectivity index is 2.41. The number of nitrogens with two attached hydrogens (primary N) is 1. The van der Waals surface area contributed by atoms with Crippen molar-refractivity contribution in [3.8, 4) is 5.75 Å². The van der Waals surface area contributed by atoms with Gasteiger partial charge in [0.15, 0.2) is 0 Å². The summed E-state index contributed by atoms with van der Waals surface area (Å²) in [6, 6.07) is 7.75. The average molecular weight is 390 g/mol. The van der Waals surface area contributed by atoms with Crippen LogP contribution in [0, 0.1) is 5.82 Å². The van der Waals surface area contributed by atoms with Crippen molar-refractivity contribution in [1.29, 1.82) is 0 Å². The number of benzene rings is 1. The molecule has 0 amide bonds. The lowest BCUT2D eigenvalue weighted by molar-refractivity contribution is -0.274. The lowest BCUT2D eigenvalue weighted by Crippen LogP contribution is -2.34. The molecule has 0 spiro atoms. The minimum absolute atomic E-state index is 0.107. The summed E-state index contributed by atoms with van der Waals surface area (Å²) in [6.07, 6.45) is -3.20. The Labute approximate surface area is 151 Å². The fourth-order valence-corrected chi connectivity index (χ4v) is 2.83. The molecule has 0 fully saturated rings. The molecule has 26 heavy (non-hydrogen) atoms. The van der Waals surface area contributed by atoms with Crippen molar-refractivity contribution in [2.75, 3.05) is 0 Å². The van der Waals surface area contributed by atoms with Crippen molar-refractivity contribution in [2.45, 2.75) is 37.3 Å². The molecule has 0 aliphatic rings. The Morgan fingerprint density at radius 1 is 1.19 bits per heavy atom. The van der Waals surface area contributed by atoms with E-state index in [1.807, 2.05) is 0 Å². The molecule has 1 aromatic heterocycles. The maximum absolute atomic E-state index is 14.3. The van der Waals surface area contributed by atoms with Crippen molar-refractivity contribution < 1.29 is 26.5 Å². The highest BCUT2D eigenvalue weighted by Gasteiger charge is 2.33. The number of pyridine rings is 1. The van der Waals surface area contributed by atoms with E-state index in [0.717, 1.165) is 12.1 Å². The van der Waals surface area contributed by atoms with Crippen LogP contribution in [0.2, 0.25) is 0 Å². The second kappa shape index (κ2) is 7.71. The lowest BCUT2D eigenvalue weighted by Gasteiger charge is -2.27. The van der Waals surface area contributed by atoms with E-state index in [-0.39, 0.29) is 17.9 Å². The predicted molar refractivity (Wildman–Crippen MR) is 90.2 cm³/mol. The van der Waals surface area contributed by atoms with Crippen molar-refractivity contribution in [2.24, 2.45) is 5.14 Å². The number of ether oxygens (including phenoxy) is 1. The molecule has 1 unspecified atom stereocenters. The first-order valence-electron chi connectivity index (χ1n) is 7.62. The van der Waals surface area contributed by atoms with E-state index in [1.54, 1.807) is 13.8 Å². The first-order chi connectivity index (χ1) is 12.0. The minimum Gasteiger partial charge on any atom is -0.406 e. The molecule has 2 N–H and O–H groups in total. The molecule has 9 heteroatoms. The quantitative estimate of drug-likeness (QED) is 0.757. The first kappa shape index (κ1) is 20.3. The van der Waals surface area contributed by atoms with E-state index < -0.39 is 33.8 Å². The van der Waals surface area contributed by atoms with Gasteiger partial charge in [0.1, 0.15) is 11.6 Å². The summed E-state index contributed by atoms with van der Waals surface area (Å²) in [5, 5.41) is 5.52. The number of hydrogen-bond acceptors (Lipinski definition) is 3. The summed E-state index contributed by atoms with van der Waals surface area (Å²) in [5.41, 5.74) is 0.617. The van der Waals surface area contributed by atoms with Crippen LogP contribution in [-0.4, -0.2) is 20.3 Å². The van der Waals surface area contributed by atoms with Gasteiger partial charge in [0.25, 0.3) is 0 Å². The molecule has 142 valence electrons. The molecule has 0 aliphatic carbocycles. The highest BCUT2D eigenvalue weighted by Crippen LogP contribution is 2.35. The van der Waals surface area contributed by atoms with Gasteiger partial charge in [-0.15, -0.1) is 13.2 Å². The Bertz CT molecular complexity index is 779. The van der Waals surface area contributed by atoms with Crippen LogP contribution in [0.25, 0.3) is 0 Å². The standard InChI is InChI=1S/C17H18F4N2O2S/c1-16(2,26(22)24)10-13(15-14(18)4-3-9-23-15)11-5-7-12(8-6-11)25-17(19,20)21/h3-9,13H,10,22H2,1-2H3/t13-,26?/m0/s1. The lowest BCUT2D eigenvalue weighted by atomic mass is 9.86. The monoisotopic (exact) mass is 390 g/mol. The van der Waals surface area contributed by atoms with Gasteiger partial charge in [0.05, 0.1) is 21.4 Å². The molecular formula is C17H18F4N2O2S. The number of rotatable bonds is 6. The topological polar surface area (TPSA) is 65.2 Å². The molecule has 2 atom stereocenters. The third-order valence-electron chi connectivity index (χ3n) is 3.87. The van der Waals surface area contributed by atoms with E-state index in [4.69, 9.17) is 5.14 Å². The summed E-state index contributed by atoms with van der Waals surface area (Å²) >= 11 is 0. The van der Waals surface area contributed by atoms with E-state index in [1.165, 1.54) is 30.5 Å². The predicted octanol–water partition coefficient (Wildman–Crippen LogP) is 4.04. The highest BCUT2D eigenvalue weighted by molar-refractivity contribution is 7.84. The second-order valence-electron chi connectivity index (χ2n) is 6.30. The summed E-state index contributed by atoms with van der Waals surface area (Å²) in [5.74, 6) is -1.59. The summed E-state index contributed by atoms with van der Waals surface area (Å²) in [7, 11) is -1.69. The zero-order valence-corrected chi connectivity index (χ0v) is 14.9. The van der Waals surface area contributed by atoms with Gasteiger partial charge in [-0.25, -0.2) is 8.60 Å². The normalized spacial score (nSPS) is 14.7. The molecule has 0 saturated carbocycles. The van der Waals surface area contributed by atoms with E-state index in [9.17, 15) is 21.8 Å². The molecular weight excluding hydrogens is 372 g/mol. The highest BCUT2D eigenvalue weighted by atomic mass is 32.2. The number of alkyl halides is 3. The van der Waals surface area contributed by atoms with Crippen LogP contribution in [0.15, 0.2) is 42.6 Å². The fraction of sp³-hybridized carbons (Fsp3) is 0.353. The zero-order valence-electron chi connectivity index (χ0n) is 14.1. The summed E-state index contributed by atoms with van der Waals surface area (Å²) in [4.78, 5) is 4.05. The molecule has 2 aromatic rings. The largest absolute Gasteiger partial charge is 0.573 e. The number of hydrogen-bond donors (Lipinski definition) is 1. The maximum Gasteiger partial charge on any atom is 0.573 e. The molecule has 1 aromatic carbocycles. The smallest absolute Gasteiger partial charge is 0.406 e. The van der Waals surface area contributed by atoms with Crippen LogP contribution in [0.4, 0.5) is 17.6 Å². The van der Waals surface area contributed by atoms with Crippen LogP contribution in [0.1, 0.15) is 37.4 Å². The number of nitrogens with zero attached hydrogens (tertiary/aromatic N) is 1. The van der Waals surface area contributed by atoms with Gasteiger partial charge in [-0.05, 0) is 50.1 Å². The van der Waals surface area contributed by atoms with Crippen LogP contribution in [-0.2, 0) is 11.0 Å². The third-order valence-corrected chi connectivity index (χ3v) is 5.13. The van der Waals surface area contributed by atoms with Gasteiger partial charge >= 0.3 is 6.36 Å². The van der Waals surface area contributed by atoms with Crippen molar-refractivity contribution in [1.82, 2.24) is 4.98 Å². The van der Waals surface area contributed by atoms with Crippen molar-refractivity contribution in [3.05, 3.63) is 59.7 Å². The van der Waals surface area contributed by atoms with Gasteiger partial charge in [-0.1, -0.05) is 12.1 Å². The summed E-state index contributed by atoms with van der Waals surface area (Å²) in [6.45, 7) is 3.33. The van der Waals surface area contributed by atoms with Crippen LogP contribution < -0.4 is 9.88 Å². The van der Waals surface area contributed by atoms with Crippen LogP contribution in [0.5, 0.6) is 5.75 Å². The Hall–Kier alpha value is -2.00. The minimum atomic E-state index is -4.80. The number of aromatic nitrogens is 1. The Morgan fingerprint density at radius 2 is 1.81 bits per heavy atom. The van der Waals surface area contributed by atoms with Gasteiger partial charge in [-0.2, -0.15) is 0 Å². The first-order valence-corrected chi connectivity index (χ1v) is 8.83. The second-order valence-corrected chi connectivity index (χ2v) is 8.00. The van der Waals surface area contributed by atoms with Gasteiger partial charge < -0.3 is 4.74 Å². The number of halogens is 4. The van der Waals surface area contributed by atoms with Crippen LogP contribution >= 0.6 is 0 Å². The molecule has 0 aliphatic heterocycles. The fourth-order valence-electron chi connectivity index (χ4n) is 2.50. The van der Waals surface area contributed by atoms with E-state index >= 15 is 0 Å². The average Bonchev–Trinajstić information content (AvgIpc) is 2.52. The Morgan fingerprint density at radius 3 is 2.31 bits per heavy atom.